The van der Waals surface area contributed by atoms with Crippen molar-refractivity contribution in [2.75, 3.05) is 12.4 Å². The number of halogens is 3. The van der Waals surface area contributed by atoms with Crippen LogP contribution in [-0.4, -0.2) is 19.0 Å². The topological polar surface area (TPSA) is 64.6 Å². The molecule has 0 atom stereocenters. The van der Waals surface area contributed by atoms with Gasteiger partial charge in [0.15, 0.2) is 0 Å². The fourth-order valence-electron chi connectivity index (χ4n) is 3.31. The van der Waals surface area contributed by atoms with Crippen LogP contribution >= 0.6 is 0 Å². The number of esters is 1. The summed E-state index contributed by atoms with van der Waals surface area (Å²) in [5.41, 5.74) is 0.759. The van der Waals surface area contributed by atoms with Crippen LogP contribution < -0.4 is 14.8 Å². The summed E-state index contributed by atoms with van der Waals surface area (Å²) in [5.74, 6) is -3.05. The average molecular weight is 477 g/mol. The average Bonchev–Trinajstić information content (AvgIpc) is 2.85. The number of nitrogens with one attached hydrogen (secondary N) is 1. The van der Waals surface area contributed by atoms with E-state index in [0.717, 1.165) is 24.3 Å². The van der Waals surface area contributed by atoms with Gasteiger partial charge in [-0.1, -0.05) is 6.07 Å². The highest BCUT2D eigenvalue weighted by molar-refractivity contribution is 6.07. The van der Waals surface area contributed by atoms with Crippen LogP contribution in [0.1, 0.15) is 20.7 Å². The van der Waals surface area contributed by atoms with Gasteiger partial charge in [-0.05, 0) is 78.4 Å². The third kappa shape index (κ3) is 5.50. The van der Waals surface area contributed by atoms with Crippen LogP contribution in [0, 0.1) is 17.5 Å². The largest absolute Gasteiger partial charge is 0.497 e. The van der Waals surface area contributed by atoms with Crippen molar-refractivity contribution in [2.24, 2.45) is 0 Å². The first-order chi connectivity index (χ1) is 16.8. The number of rotatable bonds is 6. The molecule has 0 bridgehead atoms. The van der Waals surface area contributed by atoms with Gasteiger partial charge in [0.05, 0.1) is 18.2 Å². The van der Waals surface area contributed by atoms with Crippen LogP contribution in [0.25, 0.3) is 11.1 Å². The second kappa shape index (κ2) is 10.1. The van der Waals surface area contributed by atoms with E-state index in [2.05, 4.69) is 5.32 Å². The van der Waals surface area contributed by atoms with Crippen molar-refractivity contribution in [2.45, 2.75) is 0 Å². The Morgan fingerprint density at radius 2 is 1.46 bits per heavy atom. The van der Waals surface area contributed by atoms with Gasteiger partial charge in [-0.3, -0.25) is 4.79 Å². The van der Waals surface area contributed by atoms with Gasteiger partial charge in [0.2, 0.25) is 0 Å². The first kappa shape index (κ1) is 23.6. The van der Waals surface area contributed by atoms with Gasteiger partial charge in [-0.15, -0.1) is 0 Å². The number of ether oxygens (including phenoxy) is 2. The second-order valence-corrected chi connectivity index (χ2v) is 7.41. The van der Waals surface area contributed by atoms with E-state index < -0.39 is 29.3 Å². The molecule has 176 valence electrons. The smallest absolute Gasteiger partial charge is 0.343 e. The molecule has 0 unspecified atom stereocenters. The van der Waals surface area contributed by atoms with Crippen molar-refractivity contribution in [1.82, 2.24) is 0 Å². The summed E-state index contributed by atoms with van der Waals surface area (Å²) >= 11 is 0. The first-order valence-electron chi connectivity index (χ1n) is 10.4. The number of amides is 1. The molecule has 0 spiro atoms. The molecule has 0 aliphatic heterocycles. The van der Waals surface area contributed by atoms with E-state index in [0.29, 0.717) is 11.4 Å². The molecule has 0 radical (unpaired) electrons. The van der Waals surface area contributed by atoms with Gasteiger partial charge in [0, 0.05) is 17.3 Å². The van der Waals surface area contributed by atoms with Crippen molar-refractivity contribution < 1.29 is 32.2 Å². The summed E-state index contributed by atoms with van der Waals surface area (Å²) in [5, 5.41) is 2.68. The Kier molecular flexibility index (Phi) is 6.82. The van der Waals surface area contributed by atoms with E-state index in [1.165, 1.54) is 43.5 Å². The Morgan fingerprint density at radius 1 is 0.771 bits per heavy atom. The molecule has 0 heterocycles. The number of carbonyl (C=O) groups is 2. The normalized spacial score (nSPS) is 10.5. The Morgan fingerprint density at radius 3 is 2.11 bits per heavy atom. The molecule has 0 aromatic heterocycles. The molecule has 4 aromatic carbocycles. The van der Waals surface area contributed by atoms with Crippen LogP contribution in [0.3, 0.4) is 0 Å². The maximum absolute atomic E-state index is 14.4. The van der Waals surface area contributed by atoms with Crippen molar-refractivity contribution >= 4 is 17.6 Å². The molecule has 35 heavy (non-hydrogen) atoms. The molecule has 0 saturated heterocycles. The minimum absolute atomic E-state index is 0.0568. The van der Waals surface area contributed by atoms with Crippen molar-refractivity contribution in [3.63, 3.8) is 0 Å². The molecule has 1 amide bonds. The number of carbonyl (C=O) groups excluding carboxylic acids is 2. The molecule has 4 aromatic rings. The number of hydrogen-bond acceptors (Lipinski definition) is 4. The minimum Gasteiger partial charge on any atom is -0.497 e. The molecule has 5 nitrogen and oxygen atoms in total. The van der Waals surface area contributed by atoms with Gasteiger partial charge in [-0.25, -0.2) is 18.0 Å². The summed E-state index contributed by atoms with van der Waals surface area (Å²) in [7, 11) is 1.51. The summed E-state index contributed by atoms with van der Waals surface area (Å²) in [6, 6.07) is 18.4. The van der Waals surface area contributed by atoms with Crippen LogP contribution in [0.15, 0.2) is 84.9 Å². The number of benzene rings is 4. The zero-order valence-corrected chi connectivity index (χ0v) is 18.3. The van der Waals surface area contributed by atoms with Crippen LogP contribution in [0.5, 0.6) is 11.5 Å². The fraction of sp³-hybridized carbons (Fsp3) is 0.0370. The third-order valence-corrected chi connectivity index (χ3v) is 5.10. The lowest BCUT2D eigenvalue weighted by atomic mass is 10.0. The molecule has 8 heteroatoms. The zero-order chi connectivity index (χ0) is 24.9. The lowest BCUT2D eigenvalue weighted by Gasteiger charge is -2.13. The molecular weight excluding hydrogens is 459 g/mol. The van der Waals surface area contributed by atoms with Gasteiger partial charge in [-0.2, -0.15) is 0 Å². The quantitative estimate of drug-likeness (QED) is 0.263. The summed E-state index contributed by atoms with van der Waals surface area (Å²) in [4.78, 5) is 25.7. The van der Waals surface area contributed by atoms with E-state index in [1.54, 1.807) is 24.3 Å². The van der Waals surface area contributed by atoms with E-state index in [9.17, 15) is 22.8 Å². The number of anilines is 1. The molecule has 0 fully saturated rings. The van der Waals surface area contributed by atoms with E-state index >= 15 is 0 Å². The Labute approximate surface area is 198 Å². The summed E-state index contributed by atoms with van der Waals surface area (Å²) < 4.78 is 51.5. The lowest BCUT2D eigenvalue weighted by molar-refractivity contribution is 0.0733. The van der Waals surface area contributed by atoms with Crippen molar-refractivity contribution in [3.8, 4) is 22.6 Å². The third-order valence-electron chi connectivity index (χ3n) is 5.10. The molecule has 0 aliphatic rings. The summed E-state index contributed by atoms with van der Waals surface area (Å²) in [6.07, 6.45) is 0. The SMILES string of the molecule is COc1ccc(NC(=O)c2cc(-c3ccc(F)cc3F)ccc2OC(=O)c2ccc(F)cc2)cc1. The number of methoxy groups -OCH3 is 1. The molecule has 0 aliphatic carbocycles. The molecule has 1 N–H and O–H groups in total. The highest BCUT2D eigenvalue weighted by Gasteiger charge is 2.19. The predicted molar refractivity (Wildman–Crippen MR) is 124 cm³/mol. The maximum atomic E-state index is 14.4. The van der Waals surface area contributed by atoms with Crippen molar-refractivity contribution in [3.05, 3.63) is 114 Å². The maximum Gasteiger partial charge on any atom is 0.343 e. The van der Waals surface area contributed by atoms with Crippen LogP contribution in [0.4, 0.5) is 18.9 Å². The Hall–Kier alpha value is -4.59. The van der Waals surface area contributed by atoms with E-state index in [-0.39, 0.29) is 28.0 Å². The first-order valence-corrected chi connectivity index (χ1v) is 10.4. The minimum atomic E-state index is -0.817. The van der Waals surface area contributed by atoms with Crippen LogP contribution in [0.2, 0.25) is 0 Å². The molecule has 0 saturated carbocycles. The van der Waals surface area contributed by atoms with Crippen LogP contribution in [-0.2, 0) is 0 Å². The van der Waals surface area contributed by atoms with Gasteiger partial charge in [0.1, 0.15) is 29.0 Å². The predicted octanol–water partition coefficient (Wildman–Crippen LogP) is 6.25. The van der Waals surface area contributed by atoms with E-state index in [1.807, 2.05) is 0 Å². The standard InChI is InChI=1S/C27H18F3NO4/c1-34-21-10-8-20(9-11-21)31-26(32)23-14-17(22-12-7-19(29)15-24(22)30)4-13-25(23)35-27(33)16-2-5-18(28)6-3-16/h2-15H,1H3,(H,31,32). The lowest BCUT2D eigenvalue weighted by Crippen LogP contribution is -2.16. The highest BCUT2D eigenvalue weighted by Crippen LogP contribution is 2.30. The van der Waals surface area contributed by atoms with Crippen molar-refractivity contribution in [1.29, 1.82) is 0 Å². The Bertz CT molecular complexity index is 1390. The van der Waals surface area contributed by atoms with Gasteiger partial charge in [0.25, 0.3) is 5.91 Å². The Balaban J connectivity index is 1.70. The zero-order valence-electron chi connectivity index (χ0n) is 18.3. The fourth-order valence-corrected chi connectivity index (χ4v) is 3.31. The van der Waals surface area contributed by atoms with Gasteiger partial charge < -0.3 is 14.8 Å². The highest BCUT2D eigenvalue weighted by atomic mass is 19.1. The second-order valence-electron chi connectivity index (χ2n) is 7.41. The number of hydrogen-bond donors (Lipinski definition) is 1. The molecule has 4 rings (SSSR count). The monoisotopic (exact) mass is 477 g/mol. The molecular formula is C27H18F3NO4. The summed E-state index contributed by atoms with van der Waals surface area (Å²) in [6.45, 7) is 0. The van der Waals surface area contributed by atoms with Gasteiger partial charge >= 0.3 is 5.97 Å². The van der Waals surface area contributed by atoms with E-state index in [4.69, 9.17) is 9.47 Å².